The smallest absolute Gasteiger partial charge is 0.252 e. The Bertz CT molecular complexity index is 746. The summed E-state index contributed by atoms with van der Waals surface area (Å²) >= 11 is 7.24. The summed E-state index contributed by atoms with van der Waals surface area (Å²) in [4.78, 5) is 18.3. The zero-order chi connectivity index (χ0) is 16.6. The summed E-state index contributed by atoms with van der Waals surface area (Å²) in [5, 5.41) is 1.27. The fraction of sp³-hybridized carbons (Fsp3) is 0.467. The van der Waals surface area contributed by atoms with E-state index in [-0.39, 0.29) is 35.1 Å². The predicted molar refractivity (Wildman–Crippen MR) is 93.8 cm³/mol. The Morgan fingerprint density at radius 2 is 2.04 bits per heavy atom. The first-order chi connectivity index (χ1) is 10.9. The molecule has 2 aliphatic rings. The number of hydrogen-bond acceptors (Lipinski definition) is 4. The van der Waals surface area contributed by atoms with Crippen molar-refractivity contribution in [1.82, 2.24) is 4.90 Å². The highest BCUT2D eigenvalue weighted by Gasteiger charge is 2.48. The summed E-state index contributed by atoms with van der Waals surface area (Å²) < 4.78 is 23.5. The highest BCUT2D eigenvalue weighted by molar-refractivity contribution is 8.15. The van der Waals surface area contributed by atoms with Crippen molar-refractivity contribution in [3.63, 3.8) is 0 Å². The Hall–Kier alpha value is -1.05. The molecule has 23 heavy (non-hydrogen) atoms. The van der Waals surface area contributed by atoms with Crippen LogP contribution in [0.15, 0.2) is 29.3 Å². The van der Waals surface area contributed by atoms with E-state index in [4.69, 9.17) is 11.6 Å². The average Bonchev–Trinajstić information content (AvgIpc) is 2.92. The molecule has 0 radical (unpaired) electrons. The van der Waals surface area contributed by atoms with E-state index in [0.717, 1.165) is 5.56 Å². The van der Waals surface area contributed by atoms with Crippen molar-refractivity contribution in [2.75, 3.05) is 18.1 Å². The van der Waals surface area contributed by atoms with E-state index in [1.54, 1.807) is 24.3 Å². The summed E-state index contributed by atoms with van der Waals surface area (Å²) in [6.07, 6.45) is 0.215. The normalized spacial score (nSPS) is 27.4. The second-order valence-corrected chi connectivity index (χ2v) is 9.47. The summed E-state index contributed by atoms with van der Waals surface area (Å²) in [6, 6.07) is 7.05. The number of aliphatic imine (C=N–C) groups is 1. The molecule has 0 spiro atoms. The zero-order valence-corrected chi connectivity index (χ0v) is 15.0. The number of nitrogens with zero attached hydrogens (tertiary/aromatic N) is 2. The molecular weight excluding hydrogens is 356 g/mol. The lowest BCUT2D eigenvalue weighted by Crippen LogP contribution is -2.37. The second kappa shape index (κ2) is 6.45. The number of halogens is 1. The van der Waals surface area contributed by atoms with E-state index in [1.165, 1.54) is 11.8 Å². The van der Waals surface area contributed by atoms with Gasteiger partial charge in [-0.25, -0.2) is 8.42 Å². The molecule has 1 aromatic carbocycles. The lowest BCUT2D eigenvalue weighted by atomic mass is 10.1. The third-order valence-electron chi connectivity index (χ3n) is 4.00. The molecular formula is C15H17ClN2O3S2. The molecule has 0 unspecified atom stereocenters. The molecule has 3 rings (SSSR count). The van der Waals surface area contributed by atoms with Crippen LogP contribution in [0.1, 0.15) is 12.5 Å². The van der Waals surface area contributed by atoms with Crippen LogP contribution in [0.5, 0.6) is 0 Å². The molecule has 1 aromatic rings. The van der Waals surface area contributed by atoms with Gasteiger partial charge >= 0.3 is 0 Å². The number of carbonyl (C=O) groups excluding carboxylic acids is 1. The first-order valence-electron chi connectivity index (χ1n) is 7.37. The minimum atomic E-state index is -2.97. The van der Waals surface area contributed by atoms with Gasteiger partial charge in [-0.3, -0.25) is 4.79 Å². The van der Waals surface area contributed by atoms with Gasteiger partial charge in [0.25, 0.3) is 5.91 Å². The van der Waals surface area contributed by atoms with Gasteiger partial charge in [-0.05, 0) is 24.6 Å². The molecule has 0 aromatic heterocycles. The summed E-state index contributed by atoms with van der Waals surface area (Å²) in [7, 11) is -2.97. The minimum absolute atomic E-state index is 0.0120. The molecule has 1 amide bonds. The van der Waals surface area contributed by atoms with Crippen molar-refractivity contribution in [2.45, 2.75) is 24.6 Å². The van der Waals surface area contributed by atoms with Gasteiger partial charge in [0.05, 0.1) is 24.0 Å². The largest absolute Gasteiger partial charge is 0.346 e. The third-order valence-corrected chi connectivity index (χ3v) is 7.50. The van der Waals surface area contributed by atoms with Crippen LogP contribution in [0.4, 0.5) is 0 Å². The molecule has 0 bridgehead atoms. The number of thioether (sulfide) groups is 1. The minimum Gasteiger partial charge on any atom is -0.346 e. The molecule has 8 heteroatoms. The molecule has 2 atom stereocenters. The lowest BCUT2D eigenvalue weighted by molar-refractivity contribution is -0.117. The maximum atomic E-state index is 12.2. The fourth-order valence-electron chi connectivity index (χ4n) is 2.93. The molecule has 5 nitrogen and oxygen atoms in total. The molecule has 2 aliphatic heterocycles. The van der Waals surface area contributed by atoms with Crippen molar-refractivity contribution in [1.29, 1.82) is 0 Å². The number of benzene rings is 1. The van der Waals surface area contributed by atoms with Crippen LogP contribution in [-0.4, -0.2) is 53.7 Å². The standard InChI is InChI=1S/C15H17ClN2O3S2/c1-2-18-12-8-23(20,21)9-13(12)22-15(18)17-14(19)7-10-3-5-11(16)6-4-10/h3-6,12-13H,2,7-9H2,1H3/t12-,13+/m0/s1. The Balaban J connectivity index is 1.72. The number of rotatable bonds is 3. The SMILES string of the molecule is CCN1C(=NC(=O)Cc2ccc(Cl)cc2)S[C@@H]2CS(=O)(=O)C[C@@H]21. The fourth-order valence-corrected chi connectivity index (χ4v) is 7.09. The van der Waals surface area contributed by atoms with Crippen LogP contribution in [0.3, 0.4) is 0 Å². The molecule has 0 saturated carbocycles. The van der Waals surface area contributed by atoms with Gasteiger partial charge in [0.1, 0.15) is 0 Å². The van der Waals surface area contributed by atoms with Crippen LogP contribution < -0.4 is 0 Å². The highest BCUT2D eigenvalue weighted by atomic mass is 35.5. The Morgan fingerprint density at radius 1 is 1.35 bits per heavy atom. The number of amides is 1. The van der Waals surface area contributed by atoms with E-state index >= 15 is 0 Å². The topological polar surface area (TPSA) is 66.8 Å². The van der Waals surface area contributed by atoms with Gasteiger partial charge < -0.3 is 4.90 Å². The van der Waals surface area contributed by atoms with Gasteiger partial charge in [0.2, 0.25) is 0 Å². The van der Waals surface area contributed by atoms with E-state index in [0.29, 0.717) is 16.7 Å². The van der Waals surface area contributed by atoms with E-state index in [1.807, 2.05) is 11.8 Å². The molecule has 0 aliphatic carbocycles. The van der Waals surface area contributed by atoms with Crippen molar-refractivity contribution < 1.29 is 13.2 Å². The number of carbonyl (C=O) groups is 1. The quantitative estimate of drug-likeness (QED) is 0.811. The molecule has 2 heterocycles. The van der Waals surface area contributed by atoms with E-state index in [2.05, 4.69) is 4.99 Å². The number of sulfone groups is 1. The lowest BCUT2D eigenvalue weighted by Gasteiger charge is -2.22. The van der Waals surface area contributed by atoms with E-state index < -0.39 is 9.84 Å². The molecule has 0 N–H and O–H groups in total. The maximum absolute atomic E-state index is 12.2. The monoisotopic (exact) mass is 372 g/mol. The van der Waals surface area contributed by atoms with Gasteiger partial charge in [0, 0.05) is 16.8 Å². The van der Waals surface area contributed by atoms with Crippen molar-refractivity contribution in [3.8, 4) is 0 Å². The van der Waals surface area contributed by atoms with Crippen LogP contribution in [0, 0.1) is 0 Å². The second-order valence-electron chi connectivity index (χ2n) is 5.68. The first-order valence-corrected chi connectivity index (χ1v) is 10.5. The van der Waals surface area contributed by atoms with Crippen LogP contribution >= 0.6 is 23.4 Å². The number of amidine groups is 1. The zero-order valence-electron chi connectivity index (χ0n) is 12.6. The highest BCUT2D eigenvalue weighted by Crippen LogP contribution is 2.37. The Kier molecular flexibility index (Phi) is 4.71. The maximum Gasteiger partial charge on any atom is 0.252 e. The van der Waals surface area contributed by atoms with Gasteiger partial charge in [-0.15, -0.1) is 0 Å². The van der Waals surface area contributed by atoms with Crippen molar-refractivity contribution >= 4 is 44.3 Å². The molecule has 2 fully saturated rings. The Morgan fingerprint density at radius 3 is 2.70 bits per heavy atom. The van der Waals surface area contributed by atoms with E-state index in [9.17, 15) is 13.2 Å². The Labute approximate surface area is 145 Å². The number of fused-ring (bicyclic) bond motifs is 1. The summed E-state index contributed by atoms with van der Waals surface area (Å²) in [6.45, 7) is 2.60. The van der Waals surface area contributed by atoms with Crippen LogP contribution in [-0.2, 0) is 21.1 Å². The summed E-state index contributed by atoms with van der Waals surface area (Å²) in [5.41, 5.74) is 0.859. The number of hydrogen-bond donors (Lipinski definition) is 0. The van der Waals surface area contributed by atoms with Gasteiger partial charge in [-0.2, -0.15) is 4.99 Å². The third kappa shape index (κ3) is 3.72. The summed E-state index contributed by atoms with van der Waals surface area (Å²) in [5.74, 6) is 0.0997. The predicted octanol–water partition coefficient (Wildman–Crippen LogP) is 2.00. The van der Waals surface area contributed by atoms with Gasteiger partial charge in [-0.1, -0.05) is 35.5 Å². The molecule has 124 valence electrons. The van der Waals surface area contributed by atoms with Crippen LogP contribution in [0.25, 0.3) is 0 Å². The van der Waals surface area contributed by atoms with Crippen molar-refractivity contribution in [2.24, 2.45) is 4.99 Å². The van der Waals surface area contributed by atoms with Crippen molar-refractivity contribution in [3.05, 3.63) is 34.9 Å². The first kappa shape index (κ1) is 16.8. The van der Waals surface area contributed by atoms with Crippen LogP contribution in [0.2, 0.25) is 5.02 Å². The molecule has 2 saturated heterocycles. The van der Waals surface area contributed by atoms with Gasteiger partial charge in [0.15, 0.2) is 15.0 Å². The average molecular weight is 373 g/mol.